The Hall–Kier alpha value is -5.78. The second-order valence-electron chi connectivity index (χ2n) is 8.68. The molecule has 0 saturated heterocycles. The highest BCUT2D eigenvalue weighted by Crippen LogP contribution is 2.38. The van der Waals surface area contributed by atoms with Gasteiger partial charge in [0.05, 0.1) is 0 Å². The zero-order chi connectivity index (χ0) is 27.3. The van der Waals surface area contributed by atoms with Crippen molar-refractivity contribution in [3.05, 3.63) is 116 Å². The normalized spacial score (nSPS) is 11.7. The number of hydrogen-bond acceptors (Lipinski definition) is 10. The topological polar surface area (TPSA) is 179 Å². The fraction of sp³-hybridized carbons (Fsp3) is 0.0370. The predicted molar refractivity (Wildman–Crippen MR) is 137 cm³/mol. The fourth-order valence-corrected chi connectivity index (χ4v) is 4.40. The standard InChI is InChI=1S/C27H16N4O8/c32-19-7-1-15(2-8-19)25-28-21-13-17(5-11-23(21)38-25)27(30(34)35,31(36)37)18-6-12-24-22(14-18)29-26(39-24)16-3-9-20(33)10-4-16/h1-14,32-33H. The Morgan fingerprint density at radius 1 is 0.615 bits per heavy atom. The third-order valence-electron chi connectivity index (χ3n) is 6.34. The third kappa shape index (κ3) is 3.78. The average Bonchev–Trinajstić information content (AvgIpc) is 3.53. The Bertz CT molecular complexity index is 1750. The zero-order valence-electron chi connectivity index (χ0n) is 19.7. The molecule has 192 valence electrons. The molecular formula is C27H16N4O8. The van der Waals surface area contributed by atoms with Gasteiger partial charge in [0.15, 0.2) is 11.2 Å². The van der Waals surface area contributed by atoms with Crippen LogP contribution in [0.2, 0.25) is 0 Å². The van der Waals surface area contributed by atoms with Crippen LogP contribution in [0, 0.1) is 20.2 Å². The van der Waals surface area contributed by atoms with Gasteiger partial charge in [-0.05, 0) is 84.9 Å². The molecule has 0 spiro atoms. The van der Waals surface area contributed by atoms with Gasteiger partial charge in [0.25, 0.3) is 0 Å². The van der Waals surface area contributed by atoms with Gasteiger partial charge in [-0.3, -0.25) is 20.2 Å². The molecule has 0 aliphatic carbocycles. The highest BCUT2D eigenvalue weighted by atomic mass is 16.7. The molecule has 0 radical (unpaired) electrons. The van der Waals surface area contributed by atoms with Crippen LogP contribution in [-0.2, 0) is 5.66 Å². The lowest BCUT2D eigenvalue weighted by Crippen LogP contribution is -2.44. The van der Waals surface area contributed by atoms with Crippen molar-refractivity contribution in [2.45, 2.75) is 5.66 Å². The lowest BCUT2D eigenvalue weighted by atomic mass is 9.91. The minimum Gasteiger partial charge on any atom is -0.508 e. The maximum absolute atomic E-state index is 12.5. The summed E-state index contributed by atoms with van der Waals surface area (Å²) in [7, 11) is 0. The van der Waals surface area contributed by atoms with Gasteiger partial charge in [-0.25, -0.2) is 9.97 Å². The van der Waals surface area contributed by atoms with E-state index < -0.39 is 15.5 Å². The van der Waals surface area contributed by atoms with Crippen LogP contribution in [-0.4, -0.2) is 30.0 Å². The SMILES string of the molecule is O=[N+]([O-])C(c1ccc2oc(-c3ccc(O)cc3)nc2c1)(c1ccc2oc(-c3ccc(O)cc3)nc2c1)[N+](=O)[O-]. The lowest BCUT2D eigenvalue weighted by Gasteiger charge is -2.17. The number of oxazole rings is 2. The summed E-state index contributed by atoms with van der Waals surface area (Å²) >= 11 is 0. The van der Waals surface area contributed by atoms with Gasteiger partial charge in [0.1, 0.15) is 43.5 Å². The van der Waals surface area contributed by atoms with Gasteiger partial charge in [-0.15, -0.1) is 0 Å². The predicted octanol–water partition coefficient (Wildman–Crippen LogP) is 5.47. The van der Waals surface area contributed by atoms with Gasteiger partial charge < -0.3 is 19.0 Å². The Kier molecular flexibility index (Phi) is 5.24. The summed E-state index contributed by atoms with van der Waals surface area (Å²) in [6, 6.07) is 19.9. The summed E-state index contributed by atoms with van der Waals surface area (Å²) in [6.07, 6.45) is 0. The van der Waals surface area contributed by atoms with Crippen LogP contribution < -0.4 is 0 Å². The Balaban J connectivity index is 1.48. The van der Waals surface area contributed by atoms with E-state index in [9.17, 15) is 30.4 Å². The number of rotatable bonds is 6. The minimum atomic E-state index is -2.88. The van der Waals surface area contributed by atoms with E-state index in [1.54, 1.807) is 24.3 Å². The lowest BCUT2D eigenvalue weighted by molar-refractivity contribution is -0.796. The van der Waals surface area contributed by atoms with Gasteiger partial charge in [-0.2, -0.15) is 0 Å². The van der Waals surface area contributed by atoms with Crippen molar-refractivity contribution < 1.29 is 28.9 Å². The van der Waals surface area contributed by atoms with E-state index in [4.69, 9.17) is 8.83 Å². The van der Waals surface area contributed by atoms with Gasteiger partial charge in [0, 0.05) is 11.1 Å². The molecule has 12 heteroatoms. The van der Waals surface area contributed by atoms with Crippen LogP contribution in [0.4, 0.5) is 0 Å². The monoisotopic (exact) mass is 524 g/mol. The molecule has 2 heterocycles. The highest BCUT2D eigenvalue weighted by molar-refractivity contribution is 5.79. The number of hydrogen-bond donors (Lipinski definition) is 2. The zero-order valence-corrected chi connectivity index (χ0v) is 19.7. The van der Waals surface area contributed by atoms with Crippen LogP contribution in [0.5, 0.6) is 11.5 Å². The van der Waals surface area contributed by atoms with Crippen molar-refractivity contribution in [2.75, 3.05) is 0 Å². The van der Waals surface area contributed by atoms with Crippen LogP contribution in [0.1, 0.15) is 11.1 Å². The van der Waals surface area contributed by atoms with E-state index in [0.717, 1.165) is 0 Å². The molecule has 39 heavy (non-hydrogen) atoms. The summed E-state index contributed by atoms with van der Waals surface area (Å²) in [5, 5.41) is 44.0. The molecule has 0 amide bonds. The van der Waals surface area contributed by atoms with Crippen LogP contribution >= 0.6 is 0 Å². The van der Waals surface area contributed by atoms with E-state index in [-0.39, 0.29) is 56.6 Å². The molecule has 0 atom stereocenters. The molecule has 0 saturated carbocycles. The first-order valence-corrected chi connectivity index (χ1v) is 11.5. The smallest absolute Gasteiger partial charge is 0.508 e. The molecule has 0 fully saturated rings. The highest BCUT2D eigenvalue weighted by Gasteiger charge is 2.60. The second kappa shape index (κ2) is 8.66. The first kappa shape index (κ1) is 23.6. The van der Waals surface area contributed by atoms with E-state index in [2.05, 4.69) is 9.97 Å². The summed E-state index contributed by atoms with van der Waals surface area (Å²) in [5.41, 5.74) is -1.36. The molecule has 6 rings (SSSR count). The quantitative estimate of drug-likeness (QED) is 0.161. The maximum Gasteiger partial charge on any atom is 0.510 e. The number of benzene rings is 4. The van der Waals surface area contributed by atoms with Gasteiger partial charge in [-0.1, -0.05) is 0 Å². The summed E-state index contributed by atoms with van der Waals surface area (Å²) in [6.45, 7) is 0. The van der Waals surface area contributed by atoms with Crippen molar-refractivity contribution in [3.8, 4) is 34.4 Å². The van der Waals surface area contributed by atoms with Crippen LogP contribution in [0.25, 0.3) is 45.1 Å². The van der Waals surface area contributed by atoms with Gasteiger partial charge in [0.2, 0.25) is 11.8 Å². The summed E-state index contributed by atoms with van der Waals surface area (Å²) in [4.78, 5) is 31.7. The number of aromatic hydroxyl groups is 2. The molecule has 2 aromatic heterocycles. The Morgan fingerprint density at radius 3 is 1.36 bits per heavy atom. The van der Waals surface area contributed by atoms with Crippen molar-refractivity contribution >= 4 is 22.2 Å². The summed E-state index contributed by atoms with van der Waals surface area (Å²) < 4.78 is 11.5. The molecule has 12 nitrogen and oxygen atoms in total. The first-order valence-electron chi connectivity index (χ1n) is 11.5. The fourth-order valence-electron chi connectivity index (χ4n) is 4.40. The van der Waals surface area contributed by atoms with Crippen molar-refractivity contribution in [2.24, 2.45) is 0 Å². The van der Waals surface area contributed by atoms with E-state index in [1.165, 1.54) is 60.7 Å². The molecular weight excluding hydrogens is 508 g/mol. The third-order valence-corrected chi connectivity index (χ3v) is 6.34. The number of nitro groups is 2. The summed E-state index contributed by atoms with van der Waals surface area (Å²) in [5.74, 6) is 0.470. The number of aromatic nitrogens is 2. The average molecular weight is 524 g/mol. The minimum absolute atomic E-state index is 0.0539. The van der Waals surface area contributed by atoms with Crippen molar-refractivity contribution in [3.63, 3.8) is 0 Å². The van der Waals surface area contributed by atoms with Crippen LogP contribution in [0.3, 0.4) is 0 Å². The van der Waals surface area contributed by atoms with E-state index in [1.807, 2.05) is 0 Å². The van der Waals surface area contributed by atoms with Gasteiger partial charge >= 0.3 is 5.66 Å². The van der Waals surface area contributed by atoms with E-state index in [0.29, 0.717) is 11.1 Å². The Morgan fingerprint density at radius 2 is 1.00 bits per heavy atom. The van der Waals surface area contributed by atoms with Crippen molar-refractivity contribution in [1.82, 2.24) is 9.97 Å². The molecule has 2 N–H and O–H groups in total. The molecule has 0 aliphatic rings. The number of nitrogens with zero attached hydrogens (tertiary/aromatic N) is 4. The number of fused-ring (bicyclic) bond motifs is 2. The van der Waals surface area contributed by atoms with Crippen molar-refractivity contribution in [1.29, 1.82) is 0 Å². The maximum atomic E-state index is 12.5. The second-order valence-corrected chi connectivity index (χ2v) is 8.68. The van der Waals surface area contributed by atoms with Crippen LogP contribution in [0.15, 0.2) is 93.8 Å². The number of phenolic OH excluding ortho intramolecular Hbond substituents is 2. The molecule has 4 aromatic carbocycles. The molecule has 6 aromatic rings. The first-order chi connectivity index (χ1) is 18.8. The largest absolute Gasteiger partial charge is 0.510 e. The molecule has 0 bridgehead atoms. The van der Waals surface area contributed by atoms with E-state index >= 15 is 0 Å². The number of phenols is 2. The Labute approximate surface area is 217 Å². The molecule has 0 unspecified atom stereocenters. The molecule has 0 aliphatic heterocycles.